The predicted octanol–water partition coefficient (Wildman–Crippen LogP) is 1.12. The van der Waals surface area contributed by atoms with E-state index in [2.05, 4.69) is 22.6 Å². The van der Waals surface area contributed by atoms with Gasteiger partial charge in [-0.15, -0.1) is 0 Å². The summed E-state index contributed by atoms with van der Waals surface area (Å²) in [6, 6.07) is 1.45. The average Bonchev–Trinajstić information content (AvgIpc) is 3.01. The molecular weight excluding hydrogens is 226 g/mol. The monoisotopic (exact) mass is 253 g/mol. The Morgan fingerprint density at radius 2 is 1.89 bits per heavy atom. The Hall–Kier alpha value is -0.610. The van der Waals surface area contributed by atoms with E-state index >= 15 is 0 Å². The molecule has 104 valence electrons. The summed E-state index contributed by atoms with van der Waals surface area (Å²) in [5.41, 5.74) is 0. The van der Waals surface area contributed by atoms with Crippen molar-refractivity contribution >= 4 is 5.91 Å². The van der Waals surface area contributed by atoms with Crippen LogP contribution in [0.2, 0.25) is 0 Å². The van der Waals surface area contributed by atoms with Crippen molar-refractivity contribution in [3.63, 3.8) is 0 Å². The summed E-state index contributed by atoms with van der Waals surface area (Å²) >= 11 is 0. The molecule has 18 heavy (non-hydrogen) atoms. The van der Waals surface area contributed by atoms with E-state index in [1.165, 1.54) is 38.5 Å². The SMILES string of the molecule is CN(CCNC(=O)CCNC1CC1)C1CCCC1. The highest BCUT2D eigenvalue weighted by Crippen LogP contribution is 2.21. The number of amides is 1. The minimum Gasteiger partial charge on any atom is -0.355 e. The molecule has 2 fully saturated rings. The van der Waals surface area contributed by atoms with Crippen LogP contribution in [0.4, 0.5) is 0 Å². The zero-order chi connectivity index (χ0) is 12.8. The summed E-state index contributed by atoms with van der Waals surface area (Å²) in [7, 11) is 2.18. The Kier molecular flexibility index (Phi) is 5.45. The van der Waals surface area contributed by atoms with Crippen molar-refractivity contribution in [1.29, 1.82) is 0 Å². The average molecular weight is 253 g/mol. The first kappa shape index (κ1) is 13.8. The van der Waals surface area contributed by atoms with E-state index in [4.69, 9.17) is 0 Å². The van der Waals surface area contributed by atoms with Gasteiger partial charge in [-0.1, -0.05) is 12.8 Å². The van der Waals surface area contributed by atoms with Crippen molar-refractivity contribution < 1.29 is 4.79 Å². The quantitative estimate of drug-likeness (QED) is 0.681. The molecule has 2 N–H and O–H groups in total. The van der Waals surface area contributed by atoms with Crippen molar-refractivity contribution in [2.45, 2.75) is 57.0 Å². The van der Waals surface area contributed by atoms with Gasteiger partial charge in [0, 0.05) is 38.1 Å². The third-order valence-corrected chi connectivity index (χ3v) is 4.10. The molecule has 0 radical (unpaired) electrons. The van der Waals surface area contributed by atoms with Gasteiger partial charge < -0.3 is 15.5 Å². The van der Waals surface area contributed by atoms with Crippen LogP contribution in [-0.2, 0) is 4.79 Å². The summed E-state index contributed by atoms with van der Waals surface area (Å²) in [5.74, 6) is 0.183. The molecular formula is C14H27N3O. The van der Waals surface area contributed by atoms with E-state index < -0.39 is 0 Å². The highest BCUT2D eigenvalue weighted by atomic mass is 16.1. The summed E-state index contributed by atoms with van der Waals surface area (Å²) in [5, 5.41) is 6.37. The van der Waals surface area contributed by atoms with Gasteiger partial charge in [0.25, 0.3) is 0 Å². The maximum absolute atomic E-state index is 11.6. The van der Waals surface area contributed by atoms with Gasteiger partial charge in [-0.2, -0.15) is 0 Å². The van der Waals surface area contributed by atoms with Crippen LogP contribution in [0.5, 0.6) is 0 Å². The first-order chi connectivity index (χ1) is 8.75. The van der Waals surface area contributed by atoms with Gasteiger partial charge in [0.2, 0.25) is 5.91 Å². The van der Waals surface area contributed by atoms with E-state index in [9.17, 15) is 4.79 Å². The molecule has 2 saturated carbocycles. The minimum absolute atomic E-state index is 0.183. The van der Waals surface area contributed by atoms with Gasteiger partial charge in [-0.05, 0) is 32.7 Å². The number of hydrogen-bond donors (Lipinski definition) is 2. The molecule has 0 bridgehead atoms. The van der Waals surface area contributed by atoms with Crippen LogP contribution in [0.15, 0.2) is 0 Å². The molecule has 0 spiro atoms. The van der Waals surface area contributed by atoms with Crippen molar-refractivity contribution in [2.75, 3.05) is 26.7 Å². The van der Waals surface area contributed by atoms with Gasteiger partial charge in [0.05, 0.1) is 0 Å². The standard InChI is InChI=1S/C14H27N3O/c1-17(13-4-2-3-5-13)11-10-16-14(18)8-9-15-12-6-7-12/h12-13,15H,2-11H2,1H3,(H,16,18). The second-order valence-electron chi connectivity index (χ2n) is 5.75. The van der Waals surface area contributed by atoms with E-state index in [0.29, 0.717) is 12.5 Å². The van der Waals surface area contributed by atoms with Gasteiger partial charge >= 0.3 is 0 Å². The van der Waals surface area contributed by atoms with Crippen LogP contribution in [0.25, 0.3) is 0 Å². The summed E-state index contributed by atoms with van der Waals surface area (Å²) in [4.78, 5) is 14.0. The summed E-state index contributed by atoms with van der Waals surface area (Å²) in [6.45, 7) is 2.59. The second-order valence-corrected chi connectivity index (χ2v) is 5.75. The number of nitrogens with zero attached hydrogens (tertiary/aromatic N) is 1. The molecule has 0 heterocycles. The fourth-order valence-corrected chi connectivity index (χ4v) is 2.66. The number of nitrogens with one attached hydrogen (secondary N) is 2. The number of likely N-dealkylation sites (N-methyl/N-ethyl adjacent to an activating group) is 1. The molecule has 2 aliphatic rings. The van der Waals surface area contributed by atoms with Crippen molar-refractivity contribution in [3.8, 4) is 0 Å². The molecule has 0 aromatic carbocycles. The lowest BCUT2D eigenvalue weighted by Gasteiger charge is -2.23. The van der Waals surface area contributed by atoms with Crippen LogP contribution < -0.4 is 10.6 Å². The third kappa shape index (κ3) is 4.94. The highest BCUT2D eigenvalue weighted by Gasteiger charge is 2.20. The number of carbonyl (C=O) groups is 1. The Balaban J connectivity index is 1.46. The van der Waals surface area contributed by atoms with E-state index in [1.807, 2.05) is 0 Å². The van der Waals surface area contributed by atoms with E-state index in [1.54, 1.807) is 0 Å². The van der Waals surface area contributed by atoms with E-state index in [0.717, 1.165) is 25.7 Å². The molecule has 2 rings (SSSR count). The minimum atomic E-state index is 0.183. The van der Waals surface area contributed by atoms with Gasteiger partial charge in [0.15, 0.2) is 0 Å². The molecule has 1 amide bonds. The lowest BCUT2D eigenvalue weighted by Crippen LogP contribution is -2.38. The van der Waals surface area contributed by atoms with E-state index in [-0.39, 0.29) is 5.91 Å². The number of rotatable bonds is 8. The van der Waals surface area contributed by atoms with Crippen LogP contribution in [0, 0.1) is 0 Å². The lowest BCUT2D eigenvalue weighted by molar-refractivity contribution is -0.121. The number of hydrogen-bond acceptors (Lipinski definition) is 3. The highest BCUT2D eigenvalue weighted by molar-refractivity contribution is 5.76. The van der Waals surface area contributed by atoms with Crippen LogP contribution >= 0.6 is 0 Å². The Labute approximate surface area is 110 Å². The first-order valence-electron chi connectivity index (χ1n) is 7.46. The molecule has 4 nitrogen and oxygen atoms in total. The van der Waals surface area contributed by atoms with Crippen molar-refractivity contribution in [2.24, 2.45) is 0 Å². The van der Waals surface area contributed by atoms with Crippen LogP contribution in [0.3, 0.4) is 0 Å². The Morgan fingerprint density at radius 1 is 1.17 bits per heavy atom. The molecule has 0 aliphatic heterocycles. The third-order valence-electron chi connectivity index (χ3n) is 4.10. The van der Waals surface area contributed by atoms with Gasteiger partial charge in [-0.25, -0.2) is 0 Å². The zero-order valence-corrected chi connectivity index (χ0v) is 11.6. The smallest absolute Gasteiger partial charge is 0.221 e. The largest absolute Gasteiger partial charge is 0.355 e. The summed E-state index contributed by atoms with van der Waals surface area (Å²) in [6.07, 6.45) is 8.58. The first-order valence-corrected chi connectivity index (χ1v) is 7.46. The summed E-state index contributed by atoms with van der Waals surface area (Å²) < 4.78 is 0. The molecule has 0 atom stereocenters. The fourth-order valence-electron chi connectivity index (χ4n) is 2.66. The maximum atomic E-state index is 11.6. The fraction of sp³-hybridized carbons (Fsp3) is 0.929. The van der Waals surface area contributed by atoms with Crippen molar-refractivity contribution in [3.05, 3.63) is 0 Å². The maximum Gasteiger partial charge on any atom is 0.221 e. The lowest BCUT2D eigenvalue weighted by atomic mass is 10.2. The zero-order valence-electron chi connectivity index (χ0n) is 11.6. The molecule has 0 saturated heterocycles. The Morgan fingerprint density at radius 3 is 2.56 bits per heavy atom. The molecule has 0 aromatic heterocycles. The van der Waals surface area contributed by atoms with Crippen molar-refractivity contribution in [1.82, 2.24) is 15.5 Å². The number of carbonyl (C=O) groups excluding carboxylic acids is 1. The Bertz CT molecular complexity index is 260. The topological polar surface area (TPSA) is 44.4 Å². The predicted molar refractivity (Wildman–Crippen MR) is 73.5 cm³/mol. The normalized spacial score (nSPS) is 20.6. The molecule has 4 heteroatoms. The molecule has 0 aromatic rings. The van der Waals surface area contributed by atoms with Gasteiger partial charge in [0.1, 0.15) is 0 Å². The van der Waals surface area contributed by atoms with Crippen LogP contribution in [-0.4, -0.2) is 49.6 Å². The second kappa shape index (κ2) is 7.10. The molecule has 2 aliphatic carbocycles. The van der Waals surface area contributed by atoms with Gasteiger partial charge in [-0.3, -0.25) is 4.79 Å². The molecule has 0 unspecified atom stereocenters. The van der Waals surface area contributed by atoms with Crippen LogP contribution in [0.1, 0.15) is 44.9 Å².